The molecule has 3 rings (SSSR count). The van der Waals surface area contributed by atoms with E-state index in [-0.39, 0.29) is 33.7 Å². The molecule has 3 aromatic rings. The molecule has 0 saturated carbocycles. The molecule has 1 amide bonds. The fourth-order valence-electron chi connectivity index (χ4n) is 2.87. The van der Waals surface area contributed by atoms with E-state index in [0.717, 1.165) is 18.2 Å². The van der Waals surface area contributed by atoms with E-state index in [1.54, 1.807) is 12.1 Å². The summed E-state index contributed by atoms with van der Waals surface area (Å²) in [5.41, 5.74) is -0.630. The average Bonchev–Trinajstić information content (AvgIpc) is 2.76. The molecular formula is C24H14Cl2F4N2O2. The monoisotopic (exact) mass is 508 g/mol. The molecule has 0 bridgehead atoms. The second kappa shape index (κ2) is 10.6. The minimum absolute atomic E-state index is 0.00474. The molecule has 0 atom stereocenters. The molecule has 0 spiro atoms. The van der Waals surface area contributed by atoms with Crippen molar-refractivity contribution in [3.05, 3.63) is 98.8 Å². The third kappa shape index (κ3) is 6.50. The maximum Gasteiger partial charge on any atom is 0.416 e. The first-order valence-corrected chi connectivity index (χ1v) is 10.3. The summed E-state index contributed by atoms with van der Waals surface area (Å²) in [5, 5.41) is 11.8. The van der Waals surface area contributed by atoms with E-state index in [2.05, 4.69) is 5.32 Å². The van der Waals surface area contributed by atoms with Crippen molar-refractivity contribution in [3.63, 3.8) is 0 Å². The maximum atomic E-state index is 13.3. The van der Waals surface area contributed by atoms with Gasteiger partial charge in [0.05, 0.1) is 15.6 Å². The van der Waals surface area contributed by atoms with Gasteiger partial charge in [0.25, 0.3) is 5.91 Å². The predicted octanol–water partition coefficient (Wildman–Crippen LogP) is 7.28. The van der Waals surface area contributed by atoms with Crippen LogP contribution in [0.15, 0.2) is 66.2 Å². The van der Waals surface area contributed by atoms with Crippen LogP contribution in [0.25, 0.3) is 6.08 Å². The highest BCUT2D eigenvalue weighted by Crippen LogP contribution is 2.35. The van der Waals surface area contributed by atoms with Gasteiger partial charge in [0.15, 0.2) is 5.75 Å². The number of nitriles is 1. The zero-order valence-electron chi connectivity index (χ0n) is 17.1. The summed E-state index contributed by atoms with van der Waals surface area (Å²) in [4.78, 5) is 12.4. The SMILES string of the molecule is N#C/C(=C\c1cc(Cl)c(OCc2cccc(F)c2)c(Cl)c1)C(=O)Nc1cccc(C(F)(F)F)c1. The second-order valence-corrected chi connectivity index (χ2v) is 7.75. The topological polar surface area (TPSA) is 62.1 Å². The van der Waals surface area contributed by atoms with Crippen LogP contribution >= 0.6 is 23.2 Å². The number of carbonyl (C=O) groups is 1. The van der Waals surface area contributed by atoms with E-state index in [0.29, 0.717) is 5.56 Å². The highest BCUT2D eigenvalue weighted by molar-refractivity contribution is 6.37. The summed E-state index contributed by atoms with van der Waals surface area (Å²) in [5.74, 6) is -1.22. The van der Waals surface area contributed by atoms with Crippen LogP contribution in [0, 0.1) is 17.1 Å². The van der Waals surface area contributed by atoms with E-state index in [4.69, 9.17) is 27.9 Å². The summed E-state index contributed by atoms with van der Waals surface area (Å²) in [6, 6.07) is 14.3. The number of nitrogens with zero attached hydrogens (tertiary/aromatic N) is 1. The Hall–Kier alpha value is -3.54. The molecule has 0 heterocycles. The Morgan fingerprint density at radius 2 is 1.74 bits per heavy atom. The van der Waals surface area contributed by atoms with Gasteiger partial charge in [-0.3, -0.25) is 4.79 Å². The average molecular weight is 509 g/mol. The Bertz CT molecular complexity index is 1280. The molecule has 3 aromatic carbocycles. The number of carbonyl (C=O) groups excluding carboxylic acids is 1. The van der Waals surface area contributed by atoms with Crippen molar-refractivity contribution in [1.29, 1.82) is 5.26 Å². The number of anilines is 1. The van der Waals surface area contributed by atoms with Gasteiger partial charge < -0.3 is 10.1 Å². The van der Waals surface area contributed by atoms with Crippen molar-refractivity contribution in [3.8, 4) is 11.8 Å². The fourth-order valence-corrected chi connectivity index (χ4v) is 3.48. The van der Waals surface area contributed by atoms with Gasteiger partial charge in [-0.15, -0.1) is 0 Å². The molecule has 34 heavy (non-hydrogen) atoms. The van der Waals surface area contributed by atoms with Crippen LogP contribution in [0.4, 0.5) is 23.2 Å². The van der Waals surface area contributed by atoms with Gasteiger partial charge in [0.1, 0.15) is 24.1 Å². The molecule has 0 aliphatic heterocycles. The highest BCUT2D eigenvalue weighted by atomic mass is 35.5. The van der Waals surface area contributed by atoms with E-state index in [1.807, 2.05) is 0 Å². The zero-order valence-corrected chi connectivity index (χ0v) is 18.6. The van der Waals surface area contributed by atoms with Crippen LogP contribution in [-0.4, -0.2) is 5.91 Å². The molecule has 174 valence electrons. The summed E-state index contributed by atoms with van der Waals surface area (Å²) in [7, 11) is 0. The molecule has 0 aliphatic rings. The molecule has 0 saturated heterocycles. The first-order valence-electron chi connectivity index (χ1n) is 9.53. The predicted molar refractivity (Wildman–Crippen MR) is 121 cm³/mol. The number of benzene rings is 3. The second-order valence-electron chi connectivity index (χ2n) is 6.93. The third-order valence-corrected chi connectivity index (χ3v) is 4.98. The minimum atomic E-state index is -4.58. The maximum absolute atomic E-state index is 13.3. The molecule has 0 radical (unpaired) electrons. The van der Waals surface area contributed by atoms with E-state index >= 15 is 0 Å². The summed E-state index contributed by atoms with van der Waals surface area (Å²) in [6.07, 6.45) is -3.41. The molecule has 4 nitrogen and oxygen atoms in total. The van der Waals surface area contributed by atoms with Gasteiger partial charge in [-0.25, -0.2) is 4.39 Å². The molecule has 0 aromatic heterocycles. The van der Waals surface area contributed by atoms with Crippen LogP contribution in [0.1, 0.15) is 16.7 Å². The standard InChI is InChI=1S/C24H14Cl2F4N2O2/c25-20-9-15(10-21(26)22(20)34-13-14-3-1-5-18(27)8-14)7-16(12-31)23(33)32-19-6-2-4-17(11-19)24(28,29)30/h1-11H,13H2,(H,32,33)/b16-7+. The molecule has 10 heteroatoms. The number of hydrogen-bond acceptors (Lipinski definition) is 3. The Balaban J connectivity index is 1.78. The lowest BCUT2D eigenvalue weighted by Crippen LogP contribution is -2.14. The Kier molecular flexibility index (Phi) is 7.82. The number of halogens is 6. The lowest BCUT2D eigenvalue weighted by Gasteiger charge is -2.12. The molecular weight excluding hydrogens is 495 g/mol. The van der Waals surface area contributed by atoms with Gasteiger partial charge in [0.2, 0.25) is 0 Å². The van der Waals surface area contributed by atoms with E-state index in [9.17, 15) is 27.6 Å². The van der Waals surface area contributed by atoms with Gasteiger partial charge >= 0.3 is 6.18 Å². The molecule has 0 aliphatic carbocycles. The van der Waals surface area contributed by atoms with E-state index < -0.39 is 29.0 Å². The van der Waals surface area contributed by atoms with Crippen LogP contribution in [-0.2, 0) is 17.6 Å². The number of alkyl halides is 3. The van der Waals surface area contributed by atoms with Crippen molar-refractivity contribution in [2.75, 3.05) is 5.32 Å². The highest BCUT2D eigenvalue weighted by Gasteiger charge is 2.30. The van der Waals surface area contributed by atoms with Crippen LogP contribution in [0.5, 0.6) is 5.75 Å². The van der Waals surface area contributed by atoms with Crippen molar-refractivity contribution in [1.82, 2.24) is 0 Å². The fraction of sp³-hybridized carbons (Fsp3) is 0.0833. The van der Waals surface area contributed by atoms with Crippen LogP contribution in [0.3, 0.4) is 0 Å². The van der Waals surface area contributed by atoms with Crippen LogP contribution < -0.4 is 10.1 Å². The van der Waals surface area contributed by atoms with Crippen molar-refractivity contribution in [2.45, 2.75) is 12.8 Å². The first-order chi connectivity index (χ1) is 16.1. The largest absolute Gasteiger partial charge is 0.486 e. The quantitative estimate of drug-likeness (QED) is 0.216. The van der Waals surface area contributed by atoms with Crippen LogP contribution in [0.2, 0.25) is 10.0 Å². The molecule has 0 unspecified atom stereocenters. The van der Waals surface area contributed by atoms with Crippen molar-refractivity contribution in [2.24, 2.45) is 0 Å². The zero-order chi connectivity index (χ0) is 24.9. The lowest BCUT2D eigenvalue weighted by atomic mass is 10.1. The first kappa shape index (κ1) is 25.1. The van der Waals surface area contributed by atoms with Gasteiger partial charge in [-0.05, 0) is 59.7 Å². The minimum Gasteiger partial charge on any atom is -0.486 e. The summed E-state index contributed by atoms with van der Waals surface area (Å²) in [6.45, 7) is -0.00474. The smallest absolute Gasteiger partial charge is 0.416 e. The van der Waals surface area contributed by atoms with Gasteiger partial charge in [0, 0.05) is 5.69 Å². The van der Waals surface area contributed by atoms with Gasteiger partial charge in [-0.1, -0.05) is 41.4 Å². The Morgan fingerprint density at radius 1 is 1.06 bits per heavy atom. The Morgan fingerprint density at radius 3 is 2.35 bits per heavy atom. The number of rotatable bonds is 6. The number of nitrogens with one attached hydrogen (secondary N) is 1. The van der Waals surface area contributed by atoms with Gasteiger partial charge in [-0.2, -0.15) is 18.4 Å². The van der Waals surface area contributed by atoms with Crippen molar-refractivity contribution < 1.29 is 27.1 Å². The van der Waals surface area contributed by atoms with Crippen molar-refractivity contribution >= 4 is 40.9 Å². The van der Waals surface area contributed by atoms with E-state index in [1.165, 1.54) is 42.5 Å². The lowest BCUT2D eigenvalue weighted by molar-refractivity contribution is -0.137. The molecule has 0 fully saturated rings. The normalized spacial score (nSPS) is 11.6. The number of amides is 1. The Labute approximate surface area is 202 Å². The molecule has 1 N–H and O–H groups in total. The summed E-state index contributed by atoms with van der Waals surface area (Å²) < 4.78 is 57.5. The number of ether oxygens (including phenoxy) is 1. The summed E-state index contributed by atoms with van der Waals surface area (Å²) >= 11 is 12.5. The number of hydrogen-bond donors (Lipinski definition) is 1. The third-order valence-electron chi connectivity index (χ3n) is 4.42.